The van der Waals surface area contributed by atoms with Crippen LogP contribution in [0.15, 0.2) is 47.4 Å². The zero-order valence-corrected chi connectivity index (χ0v) is 14.7. The van der Waals surface area contributed by atoms with E-state index in [1.54, 1.807) is 30.3 Å². The highest BCUT2D eigenvalue weighted by molar-refractivity contribution is 6.03. The van der Waals surface area contributed by atoms with Crippen LogP contribution in [0.5, 0.6) is 0 Å². The average molecular weight is 377 g/mol. The number of nitrogens with zero attached hydrogens (tertiary/aromatic N) is 2. The number of rotatable bonds is 4. The van der Waals surface area contributed by atoms with Crippen molar-refractivity contribution in [2.45, 2.75) is 44.1 Å². The van der Waals surface area contributed by atoms with Gasteiger partial charge in [0.1, 0.15) is 18.0 Å². The molecule has 5 atom stereocenters. The van der Waals surface area contributed by atoms with E-state index < -0.39 is 41.8 Å². The van der Waals surface area contributed by atoms with Gasteiger partial charge in [-0.1, -0.05) is 18.2 Å². The fourth-order valence-electron chi connectivity index (χ4n) is 2.98. The smallest absolute Gasteiger partial charge is 0.351 e. The number of amides is 1. The summed E-state index contributed by atoms with van der Waals surface area (Å²) in [5.74, 6) is -0.450. The van der Waals surface area contributed by atoms with Crippen molar-refractivity contribution < 1.29 is 24.1 Å². The number of anilines is 1. The van der Waals surface area contributed by atoms with Crippen molar-refractivity contribution in [3.05, 3.63) is 58.6 Å². The van der Waals surface area contributed by atoms with Gasteiger partial charge in [-0.05, 0) is 32.0 Å². The molecule has 3 rings (SSSR count). The van der Waals surface area contributed by atoms with Crippen LogP contribution in [0, 0.1) is 0 Å². The lowest BCUT2D eigenvalue weighted by Crippen LogP contribution is -2.44. The number of carbonyl (C=O) groups excluding carboxylic acids is 1. The molecule has 8 nitrogen and oxygen atoms in total. The summed E-state index contributed by atoms with van der Waals surface area (Å²) in [4.78, 5) is 28.2. The van der Waals surface area contributed by atoms with Crippen molar-refractivity contribution in [1.29, 1.82) is 0 Å². The lowest BCUT2D eigenvalue weighted by molar-refractivity contribution is -0.0825. The van der Waals surface area contributed by atoms with E-state index in [0.717, 1.165) is 11.5 Å². The highest BCUT2D eigenvalue weighted by Crippen LogP contribution is 2.41. The first-order chi connectivity index (χ1) is 12.7. The van der Waals surface area contributed by atoms with Gasteiger partial charge in [0.15, 0.2) is 11.9 Å². The molecule has 0 aliphatic carbocycles. The molecule has 144 valence electrons. The van der Waals surface area contributed by atoms with E-state index in [0.29, 0.717) is 5.56 Å². The van der Waals surface area contributed by atoms with E-state index in [9.17, 15) is 24.2 Å². The highest BCUT2D eigenvalue weighted by atomic mass is 19.1. The number of carbonyl (C=O) groups is 1. The summed E-state index contributed by atoms with van der Waals surface area (Å²) in [6, 6.07) is 9.70. The van der Waals surface area contributed by atoms with Gasteiger partial charge in [0.2, 0.25) is 0 Å². The fourth-order valence-corrected chi connectivity index (χ4v) is 2.98. The maximum absolute atomic E-state index is 14.9. The first-order valence-electron chi connectivity index (χ1n) is 8.38. The number of halogens is 1. The number of hydrogen-bond donors (Lipinski definition) is 3. The van der Waals surface area contributed by atoms with Crippen molar-refractivity contribution in [2.24, 2.45) is 0 Å². The summed E-state index contributed by atoms with van der Waals surface area (Å²) in [5, 5.41) is 22.2. The normalized spacial score (nSPS) is 28.7. The zero-order valence-electron chi connectivity index (χ0n) is 14.7. The minimum Gasteiger partial charge on any atom is -0.391 e. The molecule has 0 bridgehead atoms. The van der Waals surface area contributed by atoms with Crippen molar-refractivity contribution in [1.82, 2.24) is 9.55 Å². The molecule has 2 heterocycles. The molecular formula is C18H20FN3O5. The topological polar surface area (TPSA) is 114 Å². The Morgan fingerprint density at radius 2 is 2.04 bits per heavy atom. The Bertz CT molecular complexity index is 884. The van der Waals surface area contributed by atoms with Gasteiger partial charge in [0.25, 0.3) is 5.91 Å². The molecule has 1 unspecified atom stereocenters. The Morgan fingerprint density at radius 1 is 1.37 bits per heavy atom. The lowest BCUT2D eigenvalue weighted by atomic mass is 9.96. The molecule has 0 radical (unpaired) electrons. The number of benzene rings is 1. The highest BCUT2D eigenvalue weighted by Gasteiger charge is 2.56. The Balaban J connectivity index is 1.83. The van der Waals surface area contributed by atoms with Crippen LogP contribution in [0.3, 0.4) is 0 Å². The molecule has 0 spiro atoms. The Morgan fingerprint density at radius 3 is 2.59 bits per heavy atom. The minimum atomic E-state index is -2.32. The van der Waals surface area contributed by atoms with Crippen LogP contribution < -0.4 is 11.0 Å². The maximum Gasteiger partial charge on any atom is 0.351 e. The van der Waals surface area contributed by atoms with Gasteiger partial charge < -0.3 is 20.3 Å². The molecule has 2 aromatic rings. The van der Waals surface area contributed by atoms with Crippen LogP contribution >= 0.6 is 0 Å². The second kappa shape index (κ2) is 7.18. The lowest BCUT2D eigenvalue weighted by Gasteiger charge is -2.25. The Hall–Kier alpha value is -2.62. The van der Waals surface area contributed by atoms with Crippen LogP contribution in [-0.4, -0.2) is 49.7 Å². The quantitative estimate of drug-likeness (QED) is 0.728. The summed E-state index contributed by atoms with van der Waals surface area (Å²) < 4.78 is 21.2. The molecule has 1 saturated heterocycles. The average Bonchev–Trinajstić information content (AvgIpc) is 2.86. The number of nitrogens with one attached hydrogen (secondary N) is 1. The molecule has 1 aromatic heterocycles. The Kier molecular flexibility index (Phi) is 5.09. The zero-order chi connectivity index (χ0) is 19.8. The predicted octanol–water partition coefficient (Wildman–Crippen LogP) is 0.863. The molecule has 1 aliphatic rings. The summed E-state index contributed by atoms with van der Waals surface area (Å²) in [5.41, 5.74) is -2.79. The minimum absolute atomic E-state index is 0.00344. The third kappa shape index (κ3) is 3.61. The number of alkyl halides is 1. The van der Waals surface area contributed by atoms with E-state index >= 15 is 0 Å². The number of hydrogen-bond acceptors (Lipinski definition) is 6. The summed E-state index contributed by atoms with van der Waals surface area (Å²) in [7, 11) is 0. The van der Waals surface area contributed by atoms with Gasteiger partial charge in [-0.2, -0.15) is 4.98 Å². The molecule has 3 N–H and O–H groups in total. The van der Waals surface area contributed by atoms with E-state index in [2.05, 4.69) is 10.3 Å². The van der Waals surface area contributed by atoms with Crippen molar-refractivity contribution >= 4 is 11.7 Å². The summed E-state index contributed by atoms with van der Waals surface area (Å²) in [6.07, 6.45) is -4.18. The predicted molar refractivity (Wildman–Crippen MR) is 94.0 cm³/mol. The van der Waals surface area contributed by atoms with Gasteiger partial charge in [0.05, 0.1) is 6.10 Å². The second-order valence-electron chi connectivity index (χ2n) is 6.61. The van der Waals surface area contributed by atoms with Gasteiger partial charge in [-0.3, -0.25) is 9.36 Å². The van der Waals surface area contributed by atoms with Crippen LogP contribution in [0.1, 0.15) is 30.4 Å². The van der Waals surface area contributed by atoms with Gasteiger partial charge in [0, 0.05) is 11.8 Å². The molecule has 1 aromatic carbocycles. The van der Waals surface area contributed by atoms with Gasteiger partial charge >= 0.3 is 5.69 Å². The van der Waals surface area contributed by atoms with E-state index in [1.807, 2.05) is 0 Å². The first kappa shape index (κ1) is 19.2. The van der Waals surface area contributed by atoms with Crippen LogP contribution in [-0.2, 0) is 4.74 Å². The van der Waals surface area contributed by atoms with Crippen molar-refractivity contribution in [3.63, 3.8) is 0 Å². The summed E-state index contributed by atoms with van der Waals surface area (Å²) in [6.45, 7) is 2.44. The van der Waals surface area contributed by atoms with E-state index in [4.69, 9.17) is 4.74 Å². The fraction of sp³-hybridized carbons (Fsp3) is 0.389. The molecule has 1 aliphatic heterocycles. The summed E-state index contributed by atoms with van der Waals surface area (Å²) >= 11 is 0. The number of ether oxygens (including phenoxy) is 1. The number of aliphatic hydroxyl groups excluding tert-OH is 2. The number of aliphatic hydroxyl groups is 2. The molecular weight excluding hydrogens is 357 g/mol. The molecule has 27 heavy (non-hydrogen) atoms. The molecule has 1 fully saturated rings. The maximum atomic E-state index is 14.9. The second-order valence-corrected chi connectivity index (χ2v) is 6.61. The standard InChI is InChI=1S/C18H20FN3O5/c1-10(23)13-14(24)18(2,19)16(27-13)22-9-8-12(21-17(22)26)20-15(25)11-6-4-3-5-7-11/h3-10,13-14,16,23-24H,1-2H3,(H,20,21,25,26)/t10?,13-,14-,16-,18-/m1/s1. The van der Waals surface area contributed by atoms with Crippen molar-refractivity contribution in [2.75, 3.05) is 5.32 Å². The molecule has 1 amide bonds. The largest absolute Gasteiger partial charge is 0.391 e. The van der Waals surface area contributed by atoms with E-state index in [-0.39, 0.29) is 5.82 Å². The van der Waals surface area contributed by atoms with Crippen LogP contribution in [0.4, 0.5) is 10.2 Å². The van der Waals surface area contributed by atoms with E-state index in [1.165, 1.54) is 19.2 Å². The first-order valence-corrected chi connectivity index (χ1v) is 8.38. The van der Waals surface area contributed by atoms with Gasteiger partial charge in [-0.25, -0.2) is 9.18 Å². The molecule has 0 saturated carbocycles. The van der Waals surface area contributed by atoms with Gasteiger partial charge in [-0.15, -0.1) is 0 Å². The van der Waals surface area contributed by atoms with Crippen molar-refractivity contribution in [3.8, 4) is 0 Å². The number of aromatic nitrogens is 2. The third-order valence-electron chi connectivity index (χ3n) is 4.49. The molecule has 9 heteroatoms. The van der Waals surface area contributed by atoms with Crippen LogP contribution in [0.2, 0.25) is 0 Å². The third-order valence-corrected chi connectivity index (χ3v) is 4.49. The monoisotopic (exact) mass is 377 g/mol. The SMILES string of the molecule is CC(O)[C@H]1O[C@@H](n2ccc(NC(=O)c3ccccc3)nc2=O)[C@](C)(F)[C@@H]1O. The van der Waals surface area contributed by atoms with Crippen LogP contribution in [0.25, 0.3) is 0 Å². The Labute approximate surface area is 154 Å².